The largest absolute Gasteiger partial charge is 0.300 e. The van der Waals surface area contributed by atoms with Gasteiger partial charge in [0.2, 0.25) is 16.2 Å². The third-order valence-electron chi connectivity index (χ3n) is 0.753. The molecule has 0 spiro atoms. The van der Waals surface area contributed by atoms with Crippen molar-refractivity contribution in [3.05, 3.63) is 18.2 Å². The molecule has 6 heteroatoms. The van der Waals surface area contributed by atoms with Crippen molar-refractivity contribution in [1.82, 2.24) is 9.97 Å². The molecule has 0 aliphatic heterocycles. The van der Waals surface area contributed by atoms with Gasteiger partial charge in [0.05, 0.1) is 12.4 Å². The summed E-state index contributed by atoms with van der Waals surface area (Å²) in [4.78, 5) is 6.48. The summed E-state index contributed by atoms with van der Waals surface area (Å²) in [7, 11) is 0. The van der Waals surface area contributed by atoms with Crippen LogP contribution >= 0.6 is 0 Å². The van der Waals surface area contributed by atoms with E-state index in [0.717, 1.165) is 12.4 Å². The Bertz CT molecular complexity index is 250. The fourth-order valence-electron chi connectivity index (χ4n) is 0.391. The van der Waals surface area contributed by atoms with Gasteiger partial charge in [0.15, 0.2) is 5.82 Å². The molecular formula is C4H3FN2O2S. The second kappa shape index (κ2) is 2.80. The second-order valence-electron chi connectivity index (χ2n) is 1.43. The third kappa shape index (κ3) is 1.55. The van der Waals surface area contributed by atoms with Crippen LogP contribution in [0.15, 0.2) is 17.6 Å². The van der Waals surface area contributed by atoms with Gasteiger partial charge in [-0.25, -0.2) is 18.6 Å². The van der Waals surface area contributed by atoms with Crippen molar-refractivity contribution in [2.75, 3.05) is 0 Å². The summed E-state index contributed by atoms with van der Waals surface area (Å²) < 4.78 is 30.6. The Hall–Kier alpha value is -0.880. The Morgan fingerprint density at radius 3 is 2.40 bits per heavy atom. The van der Waals surface area contributed by atoms with Gasteiger partial charge in [0.1, 0.15) is 0 Å². The molecule has 0 aliphatic carbocycles. The van der Waals surface area contributed by atoms with E-state index in [1.807, 2.05) is 0 Å². The molecule has 0 bridgehead atoms. The minimum absolute atomic E-state index is 0.290. The maximum absolute atomic E-state index is 12.0. The summed E-state index contributed by atoms with van der Waals surface area (Å²) in [5.41, 5.74) is 0. The Kier molecular flexibility index (Phi) is 2.03. The van der Waals surface area contributed by atoms with Gasteiger partial charge in [-0.1, -0.05) is 0 Å². The standard InChI is InChI=1S/C4H3FN2O2S/c5-3-1-6-4(7-2-3)10(8)9/h1-2H,(H,8,9). The highest BCUT2D eigenvalue weighted by Crippen LogP contribution is 1.95. The molecule has 10 heavy (non-hydrogen) atoms. The normalized spacial score (nSPS) is 13.0. The topological polar surface area (TPSA) is 63.1 Å². The molecule has 0 amide bonds. The molecule has 0 saturated heterocycles. The molecule has 1 unspecified atom stereocenters. The molecule has 0 aromatic carbocycles. The molecule has 1 N–H and O–H groups in total. The van der Waals surface area contributed by atoms with E-state index in [1.54, 1.807) is 0 Å². The highest BCUT2D eigenvalue weighted by molar-refractivity contribution is 7.79. The first-order valence-corrected chi connectivity index (χ1v) is 3.39. The van der Waals surface area contributed by atoms with E-state index in [-0.39, 0.29) is 5.16 Å². The lowest BCUT2D eigenvalue weighted by atomic mass is 10.7. The number of aromatic nitrogens is 2. The van der Waals surface area contributed by atoms with E-state index in [1.165, 1.54) is 0 Å². The van der Waals surface area contributed by atoms with Gasteiger partial charge in [-0.15, -0.1) is 0 Å². The monoisotopic (exact) mass is 162 g/mol. The van der Waals surface area contributed by atoms with E-state index in [2.05, 4.69) is 9.97 Å². The lowest BCUT2D eigenvalue weighted by molar-refractivity contribution is 0.549. The molecule has 0 aliphatic rings. The van der Waals surface area contributed by atoms with Gasteiger partial charge >= 0.3 is 0 Å². The first kappa shape index (κ1) is 7.23. The molecular weight excluding hydrogens is 159 g/mol. The highest BCUT2D eigenvalue weighted by atomic mass is 32.2. The van der Waals surface area contributed by atoms with Crippen LogP contribution in [0, 0.1) is 5.82 Å². The van der Waals surface area contributed by atoms with Gasteiger partial charge in [0.25, 0.3) is 0 Å². The van der Waals surface area contributed by atoms with E-state index in [4.69, 9.17) is 4.55 Å². The van der Waals surface area contributed by atoms with Crippen LogP contribution in [-0.2, 0) is 11.1 Å². The molecule has 4 nitrogen and oxygen atoms in total. The SMILES string of the molecule is O=S(O)c1ncc(F)cn1. The van der Waals surface area contributed by atoms with Crippen molar-refractivity contribution in [2.24, 2.45) is 0 Å². The van der Waals surface area contributed by atoms with Crippen molar-refractivity contribution in [2.45, 2.75) is 5.16 Å². The highest BCUT2D eigenvalue weighted by Gasteiger charge is 2.01. The third-order valence-corrected chi connectivity index (χ3v) is 1.28. The van der Waals surface area contributed by atoms with Gasteiger partial charge in [-0.3, -0.25) is 4.55 Å². The zero-order chi connectivity index (χ0) is 7.56. The average Bonchev–Trinajstić information content (AvgIpc) is 1.88. The first-order chi connectivity index (χ1) is 4.70. The molecule has 0 fully saturated rings. The molecule has 1 atom stereocenters. The molecule has 0 radical (unpaired) electrons. The predicted octanol–water partition coefficient (Wildman–Crippen LogP) is 0.196. The maximum Gasteiger partial charge on any atom is 0.246 e. The van der Waals surface area contributed by atoms with E-state index in [9.17, 15) is 8.60 Å². The smallest absolute Gasteiger partial charge is 0.246 e. The molecule has 1 heterocycles. The van der Waals surface area contributed by atoms with Crippen LogP contribution in [0.2, 0.25) is 0 Å². The fraction of sp³-hybridized carbons (Fsp3) is 0. The van der Waals surface area contributed by atoms with E-state index >= 15 is 0 Å². The summed E-state index contributed by atoms with van der Waals surface area (Å²) in [6, 6.07) is 0. The predicted molar refractivity (Wildman–Crippen MR) is 31.0 cm³/mol. The van der Waals surface area contributed by atoms with Gasteiger partial charge in [0, 0.05) is 0 Å². The first-order valence-electron chi connectivity index (χ1n) is 2.28. The van der Waals surface area contributed by atoms with Crippen LogP contribution in [-0.4, -0.2) is 18.7 Å². The van der Waals surface area contributed by atoms with Crippen LogP contribution in [0.5, 0.6) is 0 Å². The maximum atomic E-state index is 12.0. The van der Waals surface area contributed by atoms with Gasteiger partial charge in [-0.05, 0) is 0 Å². The van der Waals surface area contributed by atoms with Crippen molar-refractivity contribution >= 4 is 11.1 Å². The van der Waals surface area contributed by atoms with Crippen LogP contribution < -0.4 is 0 Å². The molecule has 54 valence electrons. The minimum Gasteiger partial charge on any atom is -0.300 e. The van der Waals surface area contributed by atoms with Gasteiger partial charge < -0.3 is 0 Å². The number of rotatable bonds is 1. The zero-order valence-electron chi connectivity index (χ0n) is 4.69. The summed E-state index contributed by atoms with van der Waals surface area (Å²) in [5, 5.41) is -0.290. The molecule has 1 aromatic rings. The number of nitrogens with zero attached hydrogens (tertiary/aromatic N) is 2. The molecule has 1 aromatic heterocycles. The number of hydrogen-bond acceptors (Lipinski definition) is 3. The van der Waals surface area contributed by atoms with Crippen molar-refractivity contribution in [1.29, 1.82) is 0 Å². The quantitative estimate of drug-likeness (QED) is 0.473. The Balaban J connectivity index is 3.00. The Morgan fingerprint density at radius 1 is 1.50 bits per heavy atom. The van der Waals surface area contributed by atoms with E-state index in [0.29, 0.717) is 0 Å². The van der Waals surface area contributed by atoms with Crippen molar-refractivity contribution in [3.63, 3.8) is 0 Å². The number of halogens is 1. The van der Waals surface area contributed by atoms with Crippen LogP contribution in [0.4, 0.5) is 4.39 Å². The van der Waals surface area contributed by atoms with E-state index < -0.39 is 16.9 Å². The molecule has 1 rings (SSSR count). The average molecular weight is 162 g/mol. The lowest BCUT2D eigenvalue weighted by Gasteiger charge is -1.89. The summed E-state index contributed by atoms with van der Waals surface area (Å²) in [6.45, 7) is 0. The Morgan fingerprint density at radius 2 is 2.00 bits per heavy atom. The fourth-order valence-corrected chi connectivity index (χ4v) is 0.676. The van der Waals surface area contributed by atoms with Crippen molar-refractivity contribution in [3.8, 4) is 0 Å². The second-order valence-corrected chi connectivity index (χ2v) is 2.30. The zero-order valence-corrected chi connectivity index (χ0v) is 5.51. The lowest BCUT2D eigenvalue weighted by Crippen LogP contribution is -1.96. The van der Waals surface area contributed by atoms with Gasteiger partial charge in [-0.2, -0.15) is 0 Å². The van der Waals surface area contributed by atoms with Crippen LogP contribution in [0.25, 0.3) is 0 Å². The van der Waals surface area contributed by atoms with Crippen molar-refractivity contribution < 1.29 is 13.2 Å². The summed E-state index contributed by atoms with van der Waals surface area (Å²) >= 11 is -2.23. The molecule has 0 saturated carbocycles. The minimum atomic E-state index is -2.23. The Labute approximate surface area is 58.4 Å². The van der Waals surface area contributed by atoms with Crippen LogP contribution in [0.1, 0.15) is 0 Å². The summed E-state index contributed by atoms with van der Waals surface area (Å²) in [6.07, 6.45) is 1.66. The van der Waals surface area contributed by atoms with Crippen LogP contribution in [0.3, 0.4) is 0 Å². The number of hydrogen-bond donors (Lipinski definition) is 1. The summed E-state index contributed by atoms with van der Waals surface area (Å²) in [5.74, 6) is -0.630.